The number of carbonyl (C=O) groups excluding carboxylic acids is 1. The van der Waals surface area contributed by atoms with Gasteiger partial charge in [0.05, 0.1) is 5.56 Å². The maximum absolute atomic E-state index is 12.2. The third kappa shape index (κ3) is 3.91. The van der Waals surface area contributed by atoms with Crippen molar-refractivity contribution in [3.63, 3.8) is 0 Å². The van der Waals surface area contributed by atoms with Crippen LogP contribution in [0.5, 0.6) is 0 Å². The molecule has 124 valence electrons. The molecule has 1 aromatic rings. The molecule has 1 saturated heterocycles. The van der Waals surface area contributed by atoms with Gasteiger partial charge in [0.1, 0.15) is 0 Å². The number of aromatic carboxylic acids is 1. The highest BCUT2D eigenvalue weighted by molar-refractivity contribution is 5.87. The summed E-state index contributed by atoms with van der Waals surface area (Å²) in [6.07, 6.45) is 6.64. The van der Waals surface area contributed by atoms with E-state index in [0.717, 1.165) is 24.9 Å². The largest absolute Gasteiger partial charge is 0.478 e. The molecular weight excluding hydrogens is 292 g/mol. The van der Waals surface area contributed by atoms with Crippen LogP contribution in [-0.2, 0) is 11.3 Å². The average Bonchev–Trinajstić information content (AvgIpc) is 2.95. The van der Waals surface area contributed by atoms with Gasteiger partial charge in [0.2, 0.25) is 5.91 Å². The Morgan fingerprint density at radius 2 is 1.87 bits per heavy atom. The zero-order valence-corrected chi connectivity index (χ0v) is 13.3. The van der Waals surface area contributed by atoms with Crippen LogP contribution in [0.3, 0.4) is 0 Å². The number of hydrogen-bond acceptors (Lipinski definition) is 3. The first-order chi connectivity index (χ1) is 11.1. The summed E-state index contributed by atoms with van der Waals surface area (Å²) >= 11 is 0. The van der Waals surface area contributed by atoms with Crippen molar-refractivity contribution in [3.05, 3.63) is 35.4 Å². The zero-order valence-electron chi connectivity index (χ0n) is 13.3. The topological polar surface area (TPSA) is 69.6 Å². The maximum atomic E-state index is 12.2. The molecule has 23 heavy (non-hydrogen) atoms. The fraction of sp³-hybridized carbons (Fsp3) is 0.556. The van der Waals surface area contributed by atoms with Crippen LogP contribution in [0, 0.1) is 0 Å². The molecule has 1 unspecified atom stereocenters. The summed E-state index contributed by atoms with van der Waals surface area (Å²) in [6.45, 7) is 1.47. The number of carboxylic acids is 1. The van der Waals surface area contributed by atoms with Gasteiger partial charge < -0.3 is 15.3 Å². The zero-order chi connectivity index (χ0) is 16.2. The van der Waals surface area contributed by atoms with Crippen molar-refractivity contribution >= 4 is 11.9 Å². The molecule has 5 nitrogen and oxygen atoms in total. The SMILES string of the molecule is O=C(O)c1ccc(CNC2CC(=O)N(C3CCCCC3)C2)cc1. The number of carboxylic acid groups (broad SMARTS) is 1. The average molecular weight is 316 g/mol. The Balaban J connectivity index is 1.51. The van der Waals surface area contributed by atoms with Crippen LogP contribution in [0.1, 0.15) is 54.4 Å². The van der Waals surface area contributed by atoms with Crippen LogP contribution in [0.25, 0.3) is 0 Å². The van der Waals surface area contributed by atoms with Crippen LogP contribution in [0.4, 0.5) is 0 Å². The van der Waals surface area contributed by atoms with Crippen molar-refractivity contribution in [1.29, 1.82) is 0 Å². The van der Waals surface area contributed by atoms with Crippen molar-refractivity contribution in [1.82, 2.24) is 10.2 Å². The number of hydrogen-bond donors (Lipinski definition) is 2. The lowest BCUT2D eigenvalue weighted by Crippen LogP contribution is -2.39. The van der Waals surface area contributed by atoms with Crippen LogP contribution in [-0.4, -0.2) is 40.5 Å². The summed E-state index contributed by atoms with van der Waals surface area (Å²) in [7, 11) is 0. The van der Waals surface area contributed by atoms with Gasteiger partial charge in [-0.15, -0.1) is 0 Å². The van der Waals surface area contributed by atoms with Crippen molar-refractivity contribution in [2.24, 2.45) is 0 Å². The number of carbonyl (C=O) groups is 2. The van der Waals surface area contributed by atoms with E-state index in [1.807, 2.05) is 12.1 Å². The van der Waals surface area contributed by atoms with E-state index < -0.39 is 5.97 Å². The van der Waals surface area contributed by atoms with Gasteiger partial charge in [-0.3, -0.25) is 4.79 Å². The van der Waals surface area contributed by atoms with E-state index >= 15 is 0 Å². The van der Waals surface area contributed by atoms with Gasteiger partial charge in [0, 0.05) is 31.6 Å². The molecule has 1 heterocycles. The standard InChI is InChI=1S/C18H24N2O3/c21-17-10-15(12-20(17)16-4-2-1-3-5-16)19-11-13-6-8-14(9-7-13)18(22)23/h6-9,15-16,19H,1-5,10-12H2,(H,22,23). The van der Waals surface area contributed by atoms with Gasteiger partial charge >= 0.3 is 5.97 Å². The summed E-state index contributed by atoms with van der Waals surface area (Å²) in [6, 6.07) is 7.53. The van der Waals surface area contributed by atoms with Gasteiger partial charge in [-0.1, -0.05) is 31.4 Å². The fourth-order valence-corrected chi connectivity index (χ4v) is 3.64. The Kier molecular flexibility index (Phi) is 4.96. The Hall–Kier alpha value is -1.88. The van der Waals surface area contributed by atoms with E-state index in [1.54, 1.807) is 12.1 Å². The van der Waals surface area contributed by atoms with Crippen LogP contribution in [0.15, 0.2) is 24.3 Å². The molecule has 0 aromatic heterocycles. The molecular formula is C18H24N2O3. The van der Waals surface area contributed by atoms with Crippen LogP contribution < -0.4 is 5.32 Å². The Labute approximate surface area is 136 Å². The second-order valence-electron chi connectivity index (χ2n) is 6.62. The number of amides is 1. The van der Waals surface area contributed by atoms with Crippen molar-refractivity contribution in [2.75, 3.05) is 6.54 Å². The third-order valence-corrected chi connectivity index (χ3v) is 4.97. The third-order valence-electron chi connectivity index (χ3n) is 4.97. The predicted molar refractivity (Wildman–Crippen MR) is 87.2 cm³/mol. The first-order valence-corrected chi connectivity index (χ1v) is 8.48. The Morgan fingerprint density at radius 3 is 2.52 bits per heavy atom. The molecule has 0 spiro atoms. The minimum Gasteiger partial charge on any atom is -0.478 e. The Morgan fingerprint density at radius 1 is 1.17 bits per heavy atom. The molecule has 1 saturated carbocycles. The van der Waals surface area contributed by atoms with E-state index in [-0.39, 0.29) is 11.9 Å². The highest BCUT2D eigenvalue weighted by Gasteiger charge is 2.34. The summed E-state index contributed by atoms with van der Waals surface area (Å²) in [4.78, 5) is 25.2. The van der Waals surface area contributed by atoms with Gasteiger partial charge in [0.25, 0.3) is 0 Å². The van der Waals surface area contributed by atoms with Crippen molar-refractivity contribution < 1.29 is 14.7 Å². The molecule has 1 aliphatic heterocycles. The molecule has 5 heteroatoms. The molecule has 3 rings (SSSR count). The quantitative estimate of drug-likeness (QED) is 0.875. The normalized spacial score (nSPS) is 22.5. The van der Waals surface area contributed by atoms with Gasteiger partial charge in [-0.05, 0) is 30.5 Å². The number of nitrogens with zero attached hydrogens (tertiary/aromatic N) is 1. The van der Waals surface area contributed by atoms with Crippen molar-refractivity contribution in [2.45, 2.75) is 57.2 Å². The molecule has 0 bridgehead atoms. The second-order valence-corrected chi connectivity index (χ2v) is 6.62. The van der Waals surface area contributed by atoms with Gasteiger partial charge in [-0.2, -0.15) is 0 Å². The lowest BCUT2D eigenvalue weighted by Gasteiger charge is -2.31. The summed E-state index contributed by atoms with van der Waals surface area (Å²) in [5.74, 6) is -0.635. The highest BCUT2D eigenvalue weighted by atomic mass is 16.4. The first kappa shape index (κ1) is 16.0. The van der Waals surface area contributed by atoms with E-state index in [4.69, 9.17) is 5.11 Å². The summed E-state index contributed by atoms with van der Waals surface area (Å²) in [5.41, 5.74) is 1.34. The van der Waals surface area contributed by atoms with Gasteiger partial charge in [0.15, 0.2) is 0 Å². The number of likely N-dealkylation sites (tertiary alicyclic amines) is 1. The van der Waals surface area contributed by atoms with Crippen molar-refractivity contribution in [3.8, 4) is 0 Å². The van der Waals surface area contributed by atoms with E-state index in [9.17, 15) is 9.59 Å². The molecule has 2 N–H and O–H groups in total. The second kappa shape index (κ2) is 7.13. The van der Waals surface area contributed by atoms with Gasteiger partial charge in [-0.25, -0.2) is 4.79 Å². The lowest BCUT2D eigenvalue weighted by atomic mass is 9.94. The number of benzene rings is 1. The van der Waals surface area contributed by atoms with E-state index in [1.165, 1.54) is 19.3 Å². The molecule has 1 atom stereocenters. The fourth-order valence-electron chi connectivity index (χ4n) is 3.64. The lowest BCUT2D eigenvalue weighted by molar-refractivity contribution is -0.130. The van der Waals surface area contributed by atoms with Crippen LogP contribution >= 0.6 is 0 Å². The van der Waals surface area contributed by atoms with E-state index in [2.05, 4.69) is 10.2 Å². The van der Waals surface area contributed by atoms with E-state index in [0.29, 0.717) is 24.6 Å². The molecule has 2 fully saturated rings. The highest BCUT2D eigenvalue weighted by Crippen LogP contribution is 2.26. The number of nitrogens with one attached hydrogen (secondary N) is 1. The van der Waals surface area contributed by atoms with Crippen LogP contribution in [0.2, 0.25) is 0 Å². The molecule has 0 radical (unpaired) electrons. The minimum absolute atomic E-state index is 0.198. The minimum atomic E-state index is -0.908. The molecule has 1 aliphatic carbocycles. The smallest absolute Gasteiger partial charge is 0.335 e. The summed E-state index contributed by atoms with van der Waals surface area (Å²) < 4.78 is 0. The molecule has 1 amide bonds. The first-order valence-electron chi connectivity index (χ1n) is 8.48. The number of rotatable bonds is 5. The molecule has 2 aliphatic rings. The maximum Gasteiger partial charge on any atom is 0.335 e. The summed E-state index contributed by atoms with van der Waals surface area (Å²) in [5, 5.41) is 12.3. The molecule has 1 aromatic carbocycles. The predicted octanol–water partition coefficient (Wildman–Crippen LogP) is 2.41. The monoisotopic (exact) mass is 316 g/mol. The Bertz CT molecular complexity index is 564.